The van der Waals surface area contributed by atoms with Gasteiger partial charge in [-0.1, -0.05) is 35.5 Å². The molecule has 6 heteroatoms. The fraction of sp³-hybridized carbons (Fsp3) is 0.312. The van der Waals surface area contributed by atoms with Crippen LogP contribution in [0.25, 0.3) is 0 Å². The average Bonchev–Trinajstić information content (AvgIpc) is 3.09. The van der Waals surface area contributed by atoms with Gasteiger partial charge in [-0.15, -0.1) is 11.3 Å². The Morgan fingerprint density at radius 1 is 1.18 bits per heavy atom. The van der Waals surface area contributed by atoms with E-state index < -0.39 is 0 Å². The lowest BCUT2D eigenvalue weighted by Crippen LogP contribution is -2.16. The van der Waals surface area contributed by atoms with E-state index in [4.69, 9.17) is 4.52 Å². The van der Waals surface area contributed by atoms with Crippen molar-refractivity contribution in [2.45, 2.75) is 26.4 Å². The van der Waals surface area contributed by atoms with Crippen molar-refractivity contribution in [2.75, 3.05) is 7.05 Å². The molecular formula is C16H18N4OS. The van der Waals surface area contributed by atoms with Crippen molar-refractivity contribution in [1.82, 2.24) is 20.0 Å². The Morgan fingerprint density at radius 3 is 2.73 bits per heavy atom. The molecule has 0 bridgehead atoms. The summed E-state index contributed by atoms with van der Waals surface area (Å²) in [4.78, 5) is 12.1. The maximum Gasteiger partial charge on any atom is 0.240 e. The number of benzene rings is 1. The van der Waals surface area contributed by atoms with Gasteiger partial charge in [-0.05, 0) is 19.5 Å². The van der Waals surface area contributed by atoms with Gasteiger partial charge in [0.15, 0.2) is 5.82 Å². The summed E-state index contributed by atoms with van der Waals surface area (Å²) in [6, 6.07) is 10.2. The molecular weight excluding hydrogens is 296 g/mol. The first-order valence-corrected chi connectivity index (χ1v) is 7.96. The van der Waals surface area contributed by atoms with E-state index in [9.17, 15) is 0 Å². The van der Waals surface area contributed by atoms with Crippen molar-refractivity contribution in [3.63, 3.8) is 0 Å². The van der Waals surface area contributed by atoms with E-state index in [0.29, 0.717) is 18.9 Å². The fourth-order valence-corrected chi connectivity index (χ4v) is 3.11. The highest BCUT2D eigenvalue weighted by atomic mass is 32.1. The Hall–Kier alpha value is -2.05. The standard InChI is InChI=1S/C16H18N4OS/c1-12-17-9-14(22-12)10-20(2)11-16-18-15(19-21-16)8-13-6-4-3-5-7-13/h3-7,9H,8,10-11H2,1-2H3. The third-order valence-electron chi connectivity index (χ3n) is 3.22. The smallest absolute Gasteiger partial charge is 0.240 e. The predicted octanol–water partition coefficient (Wildman–Crippen LogP) is 3.06. The molecule has 0 fully saturated rings. The number of hydrogen-bond donors (Lipinski definition) is 0. The Bertz CT molecular complexity index is 723. The summed E-state index contributed by atoms with van der Waals surface area (Å²) in [7, 11) is 2.04. The average molecular weight is 314 g/mol. The Kier molecular flexibility index (Phi) is 4.60. The highest BCUT2D eigenvalue weighted by Crippen LogP contribution is 2.15. The maximum absolute atomic E-state index is 5.34. The van der Waals surface area contributed by atoms with Crippen LogP contribution in [0, 0.1) is 6.92 Å². The molecule has 1 aromatic carbocycles. The van der Waals surface area contributed by atoms with Crippen LogP contribution in [0.2, 0.25) is 0 Å². The number of hydrogen-bond acceptors (Lipinski definition) is 6. The molecule has 3 aromatic rings. The molecule has 0 aliphatic carbocycles. The van der Waals surface area contributed by atoms with E-state index in [1.807, 2.05) is 38.4 Å². The minimum Gasteiger partial charge on any atom is -0.338 e. The third-order valence-corrected chi connectivity index (χ3v) is 4.11. The molecule has 0 atom stereocenters. The van der Waals surface area contributed by atoms with Gasteiger partial charge < -0.3 is 4.52 Å². The maximum atomic E-state index is 5.34. The summed E-state index contributed by atoms with van der Waals surface area (Å²) in [5.74, 6) is 1.37. The van der Waals surface area contributed by atoms with E-state index in [0.717, 1.165) is 17.4 Å². The van der Waals surface area contributed by atoms with Crippen molar-refractivity contribution in [1.29, 1.82) is 0 Å². The SMILES string of the molecule is Cc1ncc(CN(C)Cc2nc(Cc3ccccc3)no2)s1. The van der Waals surface area contributed by atoms with E-state index >= 15 is 0 Å². The van der Waals surface area contributed by atoms with Crippen molar-refractivity contribution >= 4 is 11.3 Å². The zero-order valence-corrected chi connectivity index (χ0v) is 13.5. The molecule has 0 unspecified atom stereocenters. The van der Waals surface area contributed by atoms with Gasteiger partial charge in [-0.25, -0.2) is 4.98 Å². The Labute approximate surface area is 133 Å². The largest absolute Gasteiger partial charge is 0.338 e. The summed E-state index contributed by atoms with van der Waals surface area (Å²) in [5.41, 5.74) is 1.18. The van der Waals surface area contributed by atoms with E-state index in [2.05, 4.69) is 32.2 Å². The monoisotopic (exact) mass is 314 g/mol. The van der Waals surface area contributed by atoms with Gasteiger partial charge >= 0.3 is 0 Å². The number of rotatable bonds is 6. The lowest BCUT2D eigenvalue weighted by molar-refractivity contribution is 0.262. The minimum absolute atomic E-state index is 0.638. The predicted molar refractivity (Wildman–Crippen MR) is 85.6 cm³/mol. The van der Waals surface area contributed by atoms with Crippen molar-refractivity contribution in [2.24, 2.45) is 0 Å². The van der Waals surface area contributed by atoms with Crippen LogP contribution in [-0.4, -0.2) is 27.1 Å². The molecule has 0 aliphatic heterocycles. The lowest BCUT2D eigenvalue weighted by Gasteiger charge is -2.11. The first kappa shape index (κ1) is 14.9. The highest BCUT2D eigenvalue weighted by molar-refractivity contribution is 7.11. The molecule has 0 spiro atoms. The molecule has 0 N–H and O–H groups in total. The summed E-state index contributed by atoms with van der Waals surface area (Å²) in [5, 5.41) is 5.14. The Morgan fingerprint density at radius 2 is 2.00 bits per heavy atom. The summed E-state index contributed by atoms with van der Waals surface area (Å²) >= 11 is 1.71. The minimum atomic E-state index is 0.638. The van der Waals surface area contributed by atoms with Crippen LogP contribution in [-0.2, 0) is 19.5 Å². The normalized spacial score (nSPS) is 11.2. The van der Waals surface area contributed by atoms with Gasteiger partial charge in [0.2, 0.25) is 5.89 Å². The second kappa shape index (κ2) is 6.81. The highest BCUT2D eigenvalue weighted by Gasteiger charge is 2.11. The van der Waals surface area contributed by atoms with Crippen LogP contribution in [0.3, 0.4) is 0 Å². The van der Waals surface area contributed by atoms with Crippen LogP contribution >= 0.6 is 11.3 Å². The van der Waals surface area contributed by atoms with Crippen molar-refractivity contribution < 1.29 is 4.52 Å². The van der Waals surface area contributed by atoms with Crippen LogP contribution in [0.5, 0.6) is 0 Å². The number of aryl methyl sites for hydroxylation is 1. The molecule has 0 aliphatic rings. The molecule has 0 radical (unpaired) electrons. The first-order chi connectivity index (χ1) is 10.7. The van der Waals surface area contributed by atoms with Crippen molar-refractivity contribution in [3.05, 3.63) is 63.7 Å². The number of thiazole rings is 1. The zero-order valence-electron chi connectivity index (χ0n) is 12.7. The van der Waals surface area contributed by atoms with Gasteiger partial charge in [-0.2, -0.15) is 4.98 Å². The van der Waals surface area contributed by atoms with Gasteiger partial charge in [0.25, 0.3) is 0 Å². The molecule has 0 saturated carbocycles. The second-order valence-electron chi connectivity index (χ2n) is 5.28. The molecule has 2 aromatic heterocycles. The van der Waals surface area contributed by atoms with E-state index in [1.165, 1.54) is 10.4 Å². The summed E-state index contributed by atoms with van der Waals surface area (Å²) < 4.78 is 5.34. The molecule has 114 valence electrons. The zero-order chi connectivity index (χ0) is 15.4. The van der Waals surface area contributed by atoms with Gasteiger partial charge in [0, 0.05) is 24.0 Å². The molecule has 2 heterocycles. The second-order valence-corrected chi connectivity index (χ2v) is 6.60. The lowest BCUT2D eigenvalue weighted by atomic mass is 10.1. The van der Waals surface area contributed by atoms with Gasteiger partial charge in [-0.3, -0.25) is 4.90 Å². The van der Waals surface area contributed by atoms with E-state index in [-0.39, 0.29) is 0 Å². The topological polar surface area (TPSA) is 55.1 Å². The molecule has 3 rings (SSSR count). The number of aromatic nitrogens is 3. The molecule has 5 nitrogen and oxygen atoms in total. The van der Waals surface area contributed by atoms with Crippen LogP contribution in [0.4, 0.5) is 0 Å². The first-order valence-electron chi connectivity index (χ1n) is 7.14. The molecule has 22 heavy (non-hydrogen) atoms. The van der Waals surface area contributed by atoms with E-state index in [1.54, 1.807) is 11.3 Å². The Balaban J connectivity index is 1.57. The summed E-state index contributed by atoms with van der Waals surface area (Å²) in [6.07, 6.45) is 2.62. The van der Waals surface area contributed by atoms with Gasteiger partial charge in [0.05, 0.1) is 11.6 Å². The molecule has 0 amide bonds. The van der Waals surface area contributed by atoms with Crippen LogP contribution < -0.4 is 0 Å². The van der Waals surface area contributed by atoms with Gasteiger partial charge in [0.1, 0.15) is 0 Å². The summed E-state index contributed by atoms with van der Waals surface area (Å²) in [6.45, 7) is 3.49. The fourth-order valence-electron chi connectivity index (χ4n) is 2.24. The van der Waals surface area contributed by atoms with Crippen LogP contribution in [0.15, 0.2) is 41.1 Å². The number of nitrogens with zero attached hydrogens (tertiary/aromatic N) is 4. The third kappa shape index (κ3) is 3.99. The van der Waals surface area contributed by atoms with Crippen molar-refractivity contribution in [3.8, 4) is 0 Å². The quantitative estimate of drug-likeness (QED) is 0.700. The molecule has 0 saturated heterocycles. The van der Waals surface area contributed by atoms with Crippen LogP contribution in [0.1, 0.15) is 27.2 Å².